The smallest absolute Gasteiger partial charge is 0.405 e. The average Bonchev–Trinajstić information content (AvgIpc) is 2.97. The minimum Gasteiger partial charge on any atom is -0.405 e. The fourth-order valence-electron chi connectivity index (χ4n) is 2.23. The van der Waals surface area contributed by atoms with Crippen molar-refractivity contribution in [3.8, 4) is 17.0 Å². The fraction of sp³-hybridized carbons (Fsp3) is 0.214. The largest absolute Gasteiger partial charge is 0.573 e. The molecular formula is C14H8F6N4O2. The van der Waals surface area contributed by atoms with E-state index >= 15 is 0 Å². The second-order valence-corrected chi connectivity index (χ2v) is 5.05. The Morgan fingerprint density at radius 1 is 1.08 bits per heavy atom. The van der Waals surface area contributed by atoms with Gasteiger partial charge in [-0.2, -0.15) is 13.2 Å². The molecule has 3 aromatic rings. The van der Waals surface area contributed by atoms with Crippen LogP contribution in [0, 0.1) is 0 Å². The van der Waals surface area contributed by atoms with E-state index in [1.807, 2.05) is 0 Å². The van der Waals surface area contributed by atoms with Gasteiger partial charge in [0, 0.05) is 17.3 Å². The summed E-state index contributed by atoms with van der Waals surface area (Å²) in [5, 5.41) is 15.6. The lowest BCUT2D eigenvalue weighted by Crippen LogP contribution is -2.18. The summed E-state index contributed by atoms with van der Waals surface area (Å²) in [6.45, 7) is -0.776. The number of aliphatic hydroxyl groups is 1. The van der Waals surface area contributed by atoms with E-state index in [9.17, 15) is 31.4 Å². The number of alkyl halides is 6. The molecule has 26 heavy (non-hydrogen) atoms. The number of hydrogen-bond donors (Lipinski definition) is 1. The number of halogens is 6. The number of aliphatic hydroxyl groups excluding tert-OH is 1. The van der Waals surface area contributed by atoms with Gasteiger partial charge in [-0.1, -0.05) is 0 Å². The van der Waals surface area contributed by atoms with Gasteiger partial charge in [-0.3, -0.25) is 9.38 Å². The monoisotopic (exact) mass is 378 g/mol. The van der Waals surface area contributed by atoms with Crippen molar-refractivity contribution in [3.63, 3.8) is 0 Å². The predicted octanol–water partition coefficient (Wildman–Crippen LogP) is 3.20. The molecule has 0 saturated carbocycles. The molecule has 1 aromatic carbocycles. The average molecular weight is 378 g/mol. The van der Waals surface area contributed by atoms with Crippen LogP contribution in [0.2, 0.25) is 0 Å². The third kappa shape index (κ3) is 3.54. The molecule has 0 radical (unpaired) electrons. The molecule has 0 amide bonds. The molecule has 0 bridgehead atoms. The molecule has 0 atom stereocenters. The van der Waals surface area contributed by atoms with Gasteiger partial charge in [0.2, 0.25) is 5.82 Å². The molecule has 2 aromatic heterocycles. The highest BCUT2D eigenvalue weighted by atomic mass is 19.4. The first-order valence-electron chi connectivity index (χ1n) is 6.86. The van der Waals surface area contributed by atoms with Crippen molar-refractivity contribution in [3.05, 3.63) is 42.0 Å². The summed E-state index contributed by atoms with van der Waals surface area (Å²) in [7, 11) is 0. The second-order valence-electron chi connectivity index (χ2n) is 5.05. The Morgan fingerprint density at radius 2 is 1.81 bits per heavy atom. The van der Waals surface area contributed by atoms with E-state index in [2.05, 4.69) is 19.9 Å². The van der Waals surface area contributed by atoms with Gasteiger partial charge in [0.1, 0.15) is 5.75 Å². The Bertz CT molecular complexity index is 951. The maximum Gasteiger partial charge on any atom is 0.573 e. The van der Waals surface area contributed by atoms with Gasteiger partial charge >= 0.3 is 12.5 Å². The SMILES string of the molecule is OCc1cc(-c2cn3c(C(F)(F)F)nnc3cn2)ccc1OC(F)(F)F. The summed E-state index contributed by atoms with van der Waals surface area (Å²) < 4.78 is 80.2. The quantitative estimate of drug-likeness (QED) is 0.709. The zero-order chi connectivity index (χ0) is 19.1. The van der Waals surface area contributed by atoms with E-state index in [0.29, 0.717) is 4.40 Å². The summed E-state index contributed by atoms with van der Waals surface area (Å²) in [6.07, 6.45) is -7.67. The van der Waals surface area contributed by atoms with E-state index in [1.165, 1.54) is 6.07 Å². The summed E-state index contributed by atoms with van der Waals surface area (Å²) in [5.74, 6) is -1.89. The minimum atomic E-state index is -4.95. The number of ether oxygens (including phenoxy) is 1. The topological polar surface area (TPSA) is 72.5 Å². The Balaban J connectivity index is 2.06. The molecule has 0 saturated heterocycles. The van der Waals surface area contributed by atoms with Crippen LogP contribution in [0.25, 0.3) is 16.9 Å². The van der Waals surface area contributed by atoms with E-state index in [0.717, 1.165) is 24.5 Å². The molecule has 1 N–H and O–H groups in total. The zero-order valence-corrected chi connectivity index (χ0v) is 12.5. The molecule has 12 heteroatoms. The molecule has 0 fully saturated rings. The van der Waals surface area contributed by atoms with Gasteiger partial charge in [-0.25, -0.2) is 0 Å². The summed E-state index contributed by atoms with van der Waals surface area (Å²) >= 11 is 0. The van der Waals surface area contributed by atoms with Crippen molar-refractivity contribution in [2.45, 2.75) is 19.1 Å². The second kappa shape index (κ2) is 6.12. The van der Waals surface area contributed by atoms with Gasteiger partial charge in [0.25, 0.3) is 0 Å². The van der Waals surface area contributed by atoms with E-state index in [4.69, 9.17) is 0 Å². The lowest BCUT2D eigenvalue weighted by Gasteiger charge is -2.13. The Kier molecular flexibility index (Phi) is 4.22. The van der Waals surface area contributed by atoms with Crippen LogP contribution < -0.4 is 4.74 Å². The van der Waals surface area contributed by atoms with Gasteiger partial charge in [0.05, 0.1) is 18.5 Å². The normalized spacial score (nSPS) is 12.6. The standard InChI is InChI=1S/C14H8F6N4O2/c15-13(16,17)12-23-22-11-4-21-9(5-24(11)12)7-1-2-10(8(3-7)6-25)26-14(18,19)20/h1-5,25H,6H2. The van der Waals surface area contributed by atoms with Gasteiger partial charge < -0.3 is 9.84 Å². The van der Waals surface area contributed by atoms with Crippen LogP contribution in [-0.4, -0.2) is 31.1 Å². The van der Waals surface area contributed by atoms with Crippen molar-refractivity contribution >= 4 is 5.65 Å². The van der Waals surface area contributed by atoms with Crippen molar-refractivity contribution in [2.24, 2.45) is 0 Å². The summed E-state index contributed by atoms with van der Waals surface area (Å²) in [4.78, 5) is 3.92. The van der Waals surface area contributed by atoms with Crippen molar-refractivity contribution in [1.29, 1.82) is 0 Å². The number of nitrogens with zero attached hydrogens (tertiary/aromatic N) is 4. The van der Waals surface area contributed by atoms with Gasteiger partial charge in [-0.15, -0.1) is 23.4 Å². The van der Waals surface area contributed by atoms with E-state index in [1.54, 1.807) is 0 Å². The van der Waals surface area contributed by atoms with Crippen molar-refractivity contribution in [2.75, 3.05) is 0 Å². The molecule has 0 aliphatic carbocycles. The van der Waals surface area contributed by atoms with Gasteiger partial charge in [0.15, 0.2) is 5.65 Å². The number of benzene rings is 1. The molecular weight excluding hydrogens is 370 g/mol. The van der Waals surface area contributed by atoms with Crippen LogP contribution in [0.15, 0.2) is 30.6 Å². The first-order valence-corrected chi connectivity index (χ1v) is 6.86. The molecule has 2 heterocycles. The fourth-order valence-corrected chi connectivity index (χ4v) is 2.23. The lowest BCUT2D eigenvalue weighted by atomic mass is 10.1. The van der Waals surface area contributed by atoms with E-state index < -0.39 is 30.7 Å². The van der Waals surface area contributed by atoms with Crippen LogP contribution in [0.4, 0.5) is 26.3 Å². The first kappa shape index (κ1) is 17.9. The highest BCUT2D eigenvalue weighted by Gasteiger charge is 2.37. The van der Waals surface area contributed by atoms with Crippen LogP contribution in [-0.2, 0) is 12.8 Å². The highest BCUT2D eigenvalue weighted by Crippen LogP contribution is 2.31. The summed E-state index contributed by atoms with van der Waals surface area (Å²) in [6, 6.07) is 3.25. The maximum absolute atomic E-state index is 12.9. The van der Waals surface area contributed by atoms with Crippen LogP contribution in [0.1, 0.15) is 11.4 Å². The Morgan fingerprint density at radius 3 is 2.42 bits per heavy atom. The molecule has 0 aliphatic rings. The Labute approximate surface area is 140 Å². The first-order chi connectivity index (χ1) is 12.1. The number of aromatic nitrogens is 4. The Hall–Kier alpha value is -2.89. The van der Waals surface area contributed by atoms with Crippen LogP contribution in [0.3, 0.4) is 0 Å². The molecule has 0 aliphatic heterocycles. The number of fused-ring (bicyclic) bond motifs is 1. The van der Waals surface area contributed by atoms with Crippen molar-refractivity contribution in [1.82, 2.24) is 19.6 Å². The molecule has 138 valence electrons. The molecule has 6 nitrogen and oxygen atoms in total. The molecule has 3 rings (SSSR count). The third-order valence-corrected chi connectivity index (χ3v) is 3.30. The predicted molar refractivity (Wildman–Crippen MR) is 73.8 cm³/mol. The number of rotatable bonds is 3. The van der Waals surface area contributed by atoms with Crippen molar-refractivity contribution < 1.29 is 36.2 Å². The highest BCUT2D eigenvalue weighted by molar-refractivity contribution is 5.62. The number of hydrogen-bond acceptors (Lipinski definition) is 5. The maximum atomic E-state index is 12.9. The molecule has 0 spiro atoms. The van der Waals surface area contributed by atoms with Crippen LogP contribution in [0.5, 0.6) is 5.75 Å². The van der Waals surface area contributed by atoms with E-state index in [-0.39, 0.29) is 22.5 Å². The lowest BCUT2D eigenvalue weighted by molar-refractivity contribution is -0.275. The zero-order valence-electron chi connectivity index (χ0n) is 12.5. The molecule has 0 unspecified atom stereocenters. The summed E-state index contributed by atoms with van der Waals surface area (Å²) in [5.41, 5.74) is -0.176. The van der Waals surface area contributed by atoms with Gasteiger partial charge in [-0.05, 0) is 18.2 Å². The minimum absolute atomic E-state index is 0.0102. The van der Waals surface area contributed by atoms with Crippen LogP contribution >= 0.6 is 0 Å². The third-order valence-electron chi connectivity index (χ3n) is 3.30.